The number of hydrogen-bond donors (Lipinski definition) is 3. The van der Waals surface area contributed by atoms with Crippen LogP contribution in [0, 0.1) is 35.6 Å². The van der Waals surface area contributed by atoms with Gasteiger partial charge in [0.1, 0.15) is 5.82 Å². The molecular formula is C29H41N4O. The number of aromatic nitrogens is 1. The quantitative estimate of drug-likeness (QED) is 0.340. The number of amides is 1. The Bertz CT molecular complexity index is 964. The lowest BCUT2D eigenvalue weighted by Crippen LogP contribution is -2.47. The van der Waals surface area contributed by atoms with E-state index in [1.807, 2.05) is 24.3 Å². The van der Waals surface area contributed by atoms with Crippen LogP contribution in [0.5, 0.6) is 0 Å². The van der Waals surface area contributed by atoms with Crippen molar-refractivity contribution in [1.82, 2.24) is 10.3 Å². The molecule has 3 N–H and O–H groups in total. The van der Waals surface area contributed by atoms with Crippen LogP contribution in [0.15, 0.2) is 30.3 Å². The van der Waals surface area contributed by atoms with Crippen molar-refractivity contribution in [2.45, 2.75) is 71.6 Å². The first-order valence-electron chi connectivity index (χ1n) is 13.6. The molecule has 4 saturated carbocycles. The summed E-state index contributed by atoms with van der Waals surface area (Å²) in [7, 11) is 0. The third kappa shape index (κ3) is 5.25. The topological polar surface area (TPSA) is 66.0 Å². The fourth-order valence-corrected chi connectivity index (χ4v) is 7.44. The largest absolute Gasteiger partial charge is 0.369 e. The lowest BCUT2D eigenvalue weighted by Gasteiger charge is -2.56. The number of carbonyl (C=O) groups excluding carboxylic acids is 1. The third-order valence-electron chi connectivity index (χ3n) is 8.68. The monoisotopic (exact) mass is 461 g/mol. The van der Waals surface area contributed by atoms with Crippen LogP contribution in [0.1, 0.15) is 71.6 Å². The Balaban J connectivity index is 1.17. The van der Waals surface area contributed by atoms with Gasteiger partial charge < -0.3 is 16.0 Å². The number of carbonyl (C=O) groups is 1. The Kier molecular flexibility index (Phi) is 7.10. The van der Waals surface area contributed by atoms with E-state index in [0.717, 1.165) is 53.3 Å². The lowest BCUT2D eigenvalue weighted by molar-refractivity contribution is -0.124. The Morgan fingerprint density at radius 2 is 1.74 bits per heavy atom. The SMILES string of the molecule is CCC([CH]NCCNc1ccc2c(NC(=O)CC34CC5CC(CC(C5)C3)C4)cccc2n1)CC. The van der Waals surface area contributed by atoms with Crippen molar-refractivity contribution in [1.29, 1.82) is 0 Å². The second-order valence-corrected chi connectivity index (χ2v) is 11.3. The standard InChI is InChI=1S/C29H41N4O/c1-3-20(4-2)19-30-10-11-31-27-9-8-24-25(32-27)6-5-7-26(24)33-28(34)18-29-15-21-12-22(16-29)14-23(13-21)17-29/h5-9,19-23,30H,3-4,10-18H2,1-2H3,(H,31,32)(H,33,34). The lowest BCUT2D eigenvalue weighted by atomic mass is 9.49. The molecule has 1 radical (unpaired) electrons. The van der Waals surface area contributed by atoms with Crippen molar-refractivity contribution in [3.63, 3.8) is 0 Å². The fraction of sp³-hybridized carbons (Fsp3) is 0.621. The maximum absolute atomic E-state index is 13.1. The minimum Gasteiger partial charge on any atom is -0.369 e. The molecule has 0 unspecified atom stereocenters. The van der Waals surface area contributed by atoms with Gasteiger partial charge in [-0.25, -0.2) is 4.98 Å². The maximum atomic E-state index is 13.1. The zero-order valence-corrected chi connectivity index (χ0v) is 20.9. The number of nitrogens with one attached hydrogen (secondary N) is 3. The summed E-state index contributed by atoms with van der Waals surface area (Å²) in [5.74, 6) is 4.30. The van der Waals surface area contributed by atoms with Crippen molar-refractivity contribution in [3.05, 3.63) is 36.9 Å². The highest BCUT2D eigenvalue weighted by Crippen LogP contribution is 2.61. The molecule has 0 atom stereocenters. The van der Waals surface area contributed by atoms with Crippen molar-refractivity contribution in [2.24, 2.45) is 29.1 Å². The highest BCUT2D eigenvalue weighted by molar-refractivity contribution is 6.01. The molecule has 4 aliphatic rings. The van der Waals surface area contributed by atoms with E-state index in [1.165, 1.54) is 51.4 Å². The van der Waals surface area contributed by atoms with Gasteiger partial charge in [-0.3, -0.25) is 4.79 Å². The molecule has 0 spiro atoms. The molecule has 4 fully saturated rings. The molecular weight excluding hydrogens is 420 g/mol. The molecule has 0 aliphatic heterocycles. The molecule has 5 heteroatoms. The summed E-state index contributed by atoms with van der Waals surface area (Å²) in [5, 5.41) is 11.1. The van der Waals surface area contributed by atoms with Crippen molar-refractivity contribution in [3.8, 4) is 0 Å². The van der Waals surface area contributed by atoms with Gasteiger partial charge in [0.15, 0.2) is 0 Å². The molecule has 34 heavy (non-hydrogen) atoms. The number of benzene rings is 1. The number of pyridine rings is 1. The number of hydrogen-bond acceptors (Lipinski definition) is 4. The summed E-state index contributed by atoms with van der Waals surface area (Å²) in [6.07, 6.45) is 11.1. The van der Waals surface area contributed by atoms with Crippen LogP contribution in [0.2, 0.25) is 0 Å². The Labute approximate surface area is 204 Å². The smallest absolute Gasteiger partial charge is 0.224 e. The van der Waals surface area contributed by atoms with Gasteiger partial charge in [0.2, 0.25) is 5.91 Å². The van der Waals surface area contributed by atoms with E-state index in [2.05, 4.69) is 42.4 Å². The molecule has 1 amide bonds. The third-order valence-corrected chi connectivity index (χ3v) is 8.68. The molecule has 4 bridgehead atoms. The summed E-state index contributed by atoms with van der Waals surface area (Å²) in [6.45, 7) is 8.36. The van der Waals surface area contributed by atoms with Crippen molar-refractivity contribution < 1.29 is 4.79 Å². The Morgan fingerprint density at radius 3 is 2.41 bits per heavy atom. The summed E-state index contributed by atoms with van der Waals surface area (Å²) < 4.78 is 0. The zero-order valence-electron chi connectivity index (χ0n) is 20.9. The molecule has 5 nitrogen and oxygen atoms in total. The van der Waals surface area contributed by atoms with Crippen molar-refractivity contribution >= 4 is 28.3 Å². The van der Waals surface area contributed by atoms with E-state index < -0.39 is 0 Å². The summed E-state index contributed by atoms with van der Waals surface area (Å²) in [6, 6.07) is 10.1. The summed E-state index contributed by atoms with van der Waals surface area (Å²) in [4.78, 5) is 17.9. The van der Waals surface area contributed by atoms with E-state index in [1.54, 1.807) is 0 Å². The predicted molar refractivity (Wildman–Crippen MR) is 140 cm³/mol. The summed E-state index contributed by atoms with van der Waals surface area (Å²) >= 11 is 0. The van der Waals surface area contributed by atoms with Crippen LogP contribution in [-0.2, 0) is 4.79 Å². The van der Waals surface area contributed by atoms with Crippen LogP contribution in [-0.4, -0.2) is 24.0 Å². The normalized spacial score (nSPS) is 27.4. The van der Waals surface area contributed by atoms with Gasteiger partial charge in [0, 0.05) is 31.4 Å². The average Bonchev–Trinajstić information content (AvgIpc) is 2.80. The zero-order chi connectivity index (χ0) is 23.5. The molecule has 1 heterocycles. The first-order chi connectivity index (χ1) is 16.6. The van der Waals surface area contributed by atoms with Gasteiger partial charge >= 0.3 is 0 Å². The molecule has 2 aromatic rings. The van der Waals surface area contributed by atoms with E-state index in [0.29, 0.717) is 12.3 Å². The van der Waals surface area contributed by atoms with Crippen LogP contribution in [0.4, 0.5) is 11.5 Å². The Hall–Kier alpha value is -2.14. The van der Waals surface area contributed by atoms with E-state index in [4.69, 9.17) is 4.98 Å². The van der Waals surface area contributed by atoms with Crippen LogP contribution in [0.25, 0.3) is 10.9 Å². The average molecular weight is 462 g/mol. The van der Waals surface area contributed by atoms with E-state index >= 15 is 0 Å². The molecule has 6 rings (SSSR count). The number of fused-ring (bicyclic) bond motifs is 1. The van der Waals surface area contributed by atoms with Gasteiger partial charge in [-0.15, -0.1) is 0 Å². The van der Waals surface area contributed by atoms with Gasteiger partial charge in [0.25, 0.3) is 0 Å². The van der Waals surface area contributed by atoms with Gasteiger partial charge in [0.05, 0.1) is 11.2 Å². The van der Waals surface area contributed by atoms with Crippen molar-refractivity contribution in [2.75, 3.05) is 23.7 Å². The highest BCUT2D eigenvalue weighted by atomic mass is 16.1. The van der Waals surface area contributed by atoms with Gasteiger partial charge in [-0.05, 0) is 91.9 Å². The fourth-order valence-electron chi connectivity index (χ4n) is 7.44. The first kappa shape index (κ1) is 23.6. The second kappa shape index (κ2) is 10.2. The molecule has 1 aromatic carbocycles. The second-order valence-electron chi connectivity index (χ2n) is 11.3. The van der Waals surface area contributed by atoms with Gasteiger partial charge in [-0.1, -0.05) is 32.8 Å². The number of rotatable bonds is 11. The Morgan fingerprint density at radius 1 is 1.03 bits per heavy atom. The van der Waals surface area contributed by atoms with Crippen LogP contribution < -0.4 is 16.0 Å². The van der Waals surface area contributed by atoms with E-state index in [-0.39, 0.29) is 11.3 Å². The minimum atomic E-state index is 0.177. The maximum Gasteiger partial charge on any atom is 0.224 e. The number of anilines is 2. The van der Waals surface area contributed by atoms with Crippen LogP contribution in [0.3, 0.4) is 0 Å². The molecule has 4 aliphatic carbocycles. The minimum absolute atomic E-state index is 0.177. The van der Waals surface area contributed by atoms with Crippen LogP contribution >= 0.6 is 0 Å². The van der Waals surface area contributed by atoms with E-state index in [9.17, 15) is 4.79 Å². The highest BCUT2D eigenvalue weighted by Gasteiger charge is 2.51. The summed E-state index contributed by atoms with van der Waals surface area (Å²) in [5.41, 5.74) is 2.06. The van der Waals surface area contributed by atoms with Gasteiger partial charge in [-0.2, -0.15) is 0 Å². The predicted octanol–water partition coefficient (Wildman–Crippen LogP) is 6.38. The first-order valence-corrected chi connectivity index (χ1v) is 13.6. The number of nitrogens with zero attached hydrogens (tertiary/aromatic N) is 1. The molecule has 1 aromatic heterocycles. The molecule has 183 valence electrons. The molecule has 0 saturated heterocycles.